The number of hydrogen-bond acceptors (Lipinski definition) is 3. The van der Waals surface area contributed by atoms with Crippen molar-refractivity contribution in [2.45, 2.75) is 6.42 Å². The molecule has 0 fully saturated rings. The first-order valence-electron chi connectivity index (χ1n) is 4.49. The molecule has 0 aliphatic rings. The van der Waals surface area contributed by atoms with Gasteiger partial charge in [0.05, 0.1) is 6.54 Å². The van der Waals surface area contributed by atoms with Crippen LogP contribution in [-0.4, -0.2) is 38.5 Å². The molecule has 0 aromatic rings. The highest BCUT2D eigenvalue weighted by Gasteiger charge is 2.01. The largest absolute Gasteiger partial charge is 0.359 e. The van der Waals surface area contributed by atoms with Gasteiger partial charge in [-0.05, 0) is 0 Å². The number of rotatable bonds is 7. The molecule has 0 aromatic carbocycles. The van der Waals surface area contributed by atoms with Crippen LogP contribution in [0.2, 0.25) is 0 Å². The van der Waals surface area contributed by atoms with E-state index in [0.29, 0.717) is 19.5 Å². The van der Waals surface area contributed by atoms with E-state index in [1.165, 1.54) is 0 Å². The second-order valence-electron chi connectivity index (χ2n) is 2.69. The maximum atomic E-state index is 11.0. The van der Waals surface area contributed by atoms with Gasteiger partial charge in [0.25, 0.3) is 0 Å². The standard InChI is InChI=1S/C9H17N3O2/c1-3-5-11-7-9(14)12-6-4-8(13)10-2/h3,11H,1,4-7H2,2H3,(H,10,13)(H,12,14). The molecule has 0 heterocycles. The van der Waals surface area contributed by atoms with Gasteiger partial charge in [0, 0.05) is 26.6 Å². The molecule has 2 amide bonds. The summed E-state index contributed by atoms with van der Waals surface area (Å²) in [6.07, 6.45) is 1.99. The summed E-state index contributed by atoms with van der Waals surface area (Å²) in [7, 11) is 1.57. The van der Waals surface area contributed by atoms with Crippen LogP contribution in [0.1, 0.15) is 6.42 Å². The molecule has 80 valence electrons. The third kappa shape index (κ3) is 7.30. The summed E-state index contributed by atoms with van der Waals surface area (Å²) in [5.74, 6) is -0.194. The van der Waals surface area contributed by atoms with Crippen LogP contribution < -0.4 is 16.0 Å². The van der Waals surface area contributed by atoms with Crippen molar-refractivity contribution in [3.05, 3.63) is 12.7 Å². The lowest BCUT2D eigenvalue weighted by atomic mass is 10.4. The van der Waals surface area contributed by atoms with Gasteiger partial charge < -0.3 is 16.0 Å². The Morgan fingerprint density at radius 3 is 2.64 bits per heavy atom. The average molecular weight is 199 g/mol. The topological polar surface area (TPSA) is 70.2 Å². The van der Waals surface area contributed by atoms with Gasteiger partial charge in [0.2, 0.25) is 11.8 Å². The lowest BCUT2D eigenvalue weighted by Crippen LogP contribution is -2.35. The Hall–Kier alpha value is -1.36. The average Bonchev–Trinajstić information content (AvgIpc) is 2.18. The minimum Gasteiger partial charge on any atom is -0.359 e. The lowest BCUT2D eigenvalue weighted by molar-refractivity contribution is -0.121. The highest BCUT2D eigenvalue weighted by molar-refractivity contribution is 5.79. The Bertz CT molecular complexity index is 204. The molecule has 0 atom stereocenters. The maximum absolute atomic E-state index is 11.0. The lowest BCUT2D eigenvalue weighted by Gasteiger charge is -2.04. The number of carbonyl (C=O) groups excluding carboxylic acids is 2. The summed E-state index contributed by atoms with van der Waals surface area (Å²) < 4.78 is 0. The van der Waals surface area contributed by atoms with E-state index in [2.05, 4.69) is 22.5 Å². The summed E-state index contributed by atoms with van der Waals surface area (Å²) in [6, 6.07) is 0. The quantitative estimate of drug-likeness (QED) is 0.364. The highest BCUT2D eigenvalue weighted by Crippen LogP contribution is 1.75. The Balaban J connectivity index is 3.35. The van der Waals surface area contributed by atoms with Crippen LogP contribution >= 0.6 is 0 Å². The molecule has 3 N–H and O–H groups in total. The fraction of sp³-hybridized carbons (Fsp3) is 0.556. The first-order chi connectivity index (χ1) is 6.70. The van der Waals surface area contributed by atoms with E-state index in [1.54, 1.807) is 13.1 Å². The summed E-state index contributed by atoms with van der Waals surface area (Å²) in [5.41, 5.74) is 0. The summed E-state index contributed by atoms with van der Waals surface area (Å²) in [5, 5.41) is 7.94. The van der Waals surface area contributed by atoms with Crippen molar-refractivity contribution in [3.8, 4) is 0 Å². The van der Waals surface area contributed by atoms with E-state index >= 15 is 0 Å². The van der Waals surface area contributed by atoms with Crippen LogP contribution in [0.15, 0.2) is 12.7 Å². The second kappa shape index (κ2) is 8.25. The first kappa shape index (κ1) is 12.6. The zero-order valence-corrected chi connectivity index (χ0v) is 8.43. The van der Waals surface area contributed by atoms with E-state index in [-0.39, 0.29) is 18.4 Å². The van der Waals surface area contributed by atoms with E-state index in [9.17, 15) is 9.59 Å². The number of amides is 2. The second-order valence-corrected chi connectivity index (χ2v) is 2.69. The molecular formula is C9H17N3O2. The minimum absolute atomic E-state index is 0.0793. The third-order valence-corrected chi connectivity index (χ3v) is 1.53. The number of carbonyl (C=O) groups is 2. The van der Waals surface area contributed by atoms with Crippen LogP contribution in [0.5, 0.6) is 0 Å². The zero-order chi connectivity index (χ0) is 10.8. The van der Waals surface area contributed by atoms with Crippen molar-refractivity contribution < 1.29 is 9.59 Å². The van der Waals surface area contributed by atoms with Gasteiger partial charge in [-0.15, -0.1) is 6.58 Å². The predicted molar refractivity (Wildman–Crippen MR) is 54.8 cm³/mol. The highest BCUT2D eigenvalue weighted by atomic mass is 16.2. The Kier molecular flexibility index (Phi) is 7.45. The Morgan fingerprint density at radius 1 is 1.36 bits per heavy atom. The fourth-order valence-corrected chi connectivity index (χ4v) is 0.791. The molecule has 0 saturated carbocycles. The molecule has 5 nitrogen and oxygen atoms in total. The van der Waals surface area contributed by atoms with Crippen molar-refractivity contribution in [1.82, 2.24) is 16.0 Å². The van der Waals surface area contributed by atoms with E-state index in [4.69, 9.17) is 0 Å². The summed E-state index contributed by atoms with van der Waals surface area (Å²) >= 11 is 0. The molecule has 14 heavy (non-hydrogen) atoms. The fourth-order valence-electron chi connectivity index (χ4n) is 0.791. The van der Waals surface area contributed by atoms with Gasteiger partial charge in [-0.1, -0.05) is 6.08 Å². The minimum atomic E-state index is -0.115. The molecule has 0 radical (unpaired) electrons. The van der Waals surface area contributed by atoms with Crippen LogP contribution in [0, 0.1) is 0 Å². The molecule has 0 aliphatic carbocycles. The van der Waals surface area contributed by atoms with Gasteiger partial charge in [0.15, 0.2) is 0 Å². The van der Waals surface area contributed by atoms with Crippen molar-refractivity contribution >= 4 is 11.8 Å². The summed E-state index contributed by atoms with van der Waals surface area (Å²) in [6.45, 7) is 4.73. The molecule has 0 aromatic heterocycles. The van der Waals surface area contributed by atoms with Crippen LogP contribution in [0.3, 0.4) is 0 Å². The van der Waals surface area contributed by atoms with Gasteiger partial charge in [-0.25, -0.2) is 0 Å². The van der Waals surface area contributed by atoms with Crippen LogP contribution in [0.4, 0.5) is 0 Å². The Morgan fingerprint density at radius 2 is 2.07 bits per heavy atom. The number of nitrogens with one attached hydrogen (secondary N) is 3. The van der Waals surface area contributed by atoms with Crippen molar-refractivity contribution in [3.63, 3.8) is 0 Å². The molecule has 0 unspecified atom stereocenters. The van der Waals surface area contributed by atoms with E-state index < -0.39 is 0 Å². The van der Waals surface area contributed by atoms with Gasteiger partial charge in [-0.3, -0.25) is 9.59 Å². The van der Waals surface area contributed by atoms with E-state index in [1.807, 2.05) is 0 Å². The van der Waals surface area contributed by atoms with Gasteiger partial charge in [0.1, 0.15) is 0 Å². The van der Waals surface area contributed by atoms with Crippen molar-refractivity contribution in [1.29, 1.82) is 0 Å². The van der Waals surface area contributed by atoms with Crippen molar-refractivity contribution in [2.24, 2.45) is 0 Å². The predicted octanol–water partition coefficient (Wildman–Crippen LogP) is -0.986. The maximum Gasteiger partial charge on any atom is 0.233 e. The van der Waals surface area contributed by atoms with Crippen LogP contribution in [0.25, 0.3) is 0 Å². The van der Waals surface area contributed by atoms with Gasteiger partial charge >= 0.3 is 0 Å². The molecule has 0 bridgehead atoms. The monoisotopic (exact) mass is 199 g/mol. The molecular weight excluding hydrogens is 182 g/mol. The Labute approximate surface area is 83.9 Å². The molecule has 0 rings (SSSR count). The SMILES string of the molecule is C=CCNCC(=O)NCCC(=O)NC. The molecule has 0 spiro atoms. The normalized spacial score (nSPS) is 9.21. The number of hydrogen-bond donors (Lipinski definition) is 3. The third-order valence-electron chi connectivity index (χ3n) is 1.53. The van der Waals surface area contributed by atoms with Crippen molar-refractivity contribution in [2.75, 3.05) is 26.7 Å². The zero-order valence-electron chi connectivity index (χ0n) is 8.43. The van der Waals surface area contributed by atoms with Gasteiger partial charge in [-0.2, -0.15) is 0 Å². The molecule has 5 heteroatoms. The van der Waals surface area contributed by atoms with Crippen LogP contribution in [-0.2, 0) is 9.59 Å². The molecule has 0 aliphatic heterocycles. The smallest absolute Gasteiger partial charge is 0.233 e. The van der Waals surface area contributed by atoms with E-state index in [0.717, 1.165) is 0 Å². The molecule has 0 saturated heterocycles. The summed E-state index contributed by atoms with van der Waals surface area (Å²) in [4.78, 5) is 21.8. The first-order valence-corrected chi connectivity index (χ1v) is 4.49.